The van der Waals surface area contributed by atoms with Gasteiger partial charge in [0.15, 0.2) is 0 Å². The van der Waals surface area contributed by atoms with Gasteiger partial charge in [-0.25, -0.2) is 8.78 Å². The molecule has 0 unspecified atom stereocenters. The molecule has 45 heavy (non-hydrogen) atoms. The molecular formula is C38H38F2IrN2OSi-2. The van der Waals surface area contributed by atoms with Crippen LogP contribution in [0.2, 0.25) is 19.6 Å². The summed E-state index contributed by atoms with van der Waals surface area (Å²) in [6.07, 6.45) is 3.51. The minimum absolute atomic E-state index is 0. The predicted octanol–water partition coefficient (Wildman–Crippen LogP) is 10.4. The number of rotatable bonds is 5. The number of aryl methyl sites for hydroxylation is 1. The molecule has 0 N–H and O–H groups in total. The minimum Gasteiger partial charge on any atom is -0.500 e. The first kappa shape index (κ1) is 27.8. The molecule has 3 aromatic carbocycles. The van der Waals surface area contributed by atoms with E-state index in [4.69, 9.17) is 11.3 Å². The van der Waals surface area contributed by atoms with Crippen molar-refractivity contribution in [1.82, 2.24) is 9.97 Å². The van der Waals surface area contributed by atoms with Crippen LogP contribution in [0.4, 0.5) is 8.78 Å². The Kier molecular flexibility index (Phi) is 8.55. The Morgan fingerprint density at radius 2 is 1.69 bits per heavy atom. The fraction of sp³-hybridized carbons (Fsp3) is 0.263. The summed E-state index contributed by atoms with van der Waals surface area (Å²) >= 11 is 0. The van der Waals surface area contributed by atoms with Crippen LogP contribution in [0.15, 0.2) is 77.5 Å². The molecule has 0 fully saturated rings. The van der Waals surface area contributed by atoms with E-state index in [9.17, 15) is 8.78 Å². The van der Waals surface area contributed by atoms with Gasteiger partial charge in [-0.1, -0.05) is 88.4 Å². The standard InChI is InChI=1S/C20H14F2NO.C18H24NSi.Ir/c1-11(2)12-6-7-23-17(8-12)14-4-3-5-15-19-16(22)9-13(21)10-18(19)24-20(14)15;1-13(2)16-11-17(15-9-7-14(3)8-10-15)19-12-18(16)20(4,5)6;/h3,5-11H,1-2H3;7-9,11-13H,1-6H3;/q2*-1;/i11D;3D3,13D;. The van der Waals surface area contributed by atoms with Gasteiger partial charge < -0.3 is 14.4 Å². The summed E-state index contributed by atoms with van der Waals surface area (Å²) in [5.74, 6) is -2.86. The van der Waals surface area contributed by atoms with Gasteiger partial charge in [0, 0.05) is 56.9 Å². The van der Waals surface area contributed by atoms with Crippen LogP contribution < -0.4 is 5.19 Å². The molecule has 235 valence electrons. The van der Waals surface area contributed by atoms with Crippen LogP contribution in [0.25, 0.3) is 44.5 Å². The molecule has 0 aliphatic heterocycles. The van der Waals surface area contributed by atoms with Crippen molar-refractivity contribution in [2.24, 2.45) is 0 Å². The van der Waals surface area contributed by atoms with E-state index in [-0.39, 0.29) is 36.6 Å². The Labute approximate surface area is 286 Å². The van der Waals surface area contributed by atoms with E-state index in [1.54, 1.807) is 56.4 Å². The third kappa shape index (κ3) is 7.49. The second-order valence-corrected chi connectivity index (χ2v) is 17.3. The maximum absolute atomic E-state index is 14.2. The van der Waals surface area contributed by atoms with E-state index in [1.165, 1.54) is 17.3 Å². The molecule has 1 radical (unpaired) electrons. The SMILES string of the molecule is [2H]C(C)(C)c1ccnc(-c2[c-]ccc3c2oc2cc(F)cc(F)c23)c1.[2H]C([2H])([2H])c1c[c-]c(-c2cc(C([2H])(C)C)c([Si](C)(C)C)cn2)cc1.[Ir]. The Bertz CT molecular complexity index is 2150. The van der Waals surface area contributed by atoms with Crippen molar-refractivity contribution in [3.63, 3.8) is 0 Å². The number of furan rings is 1. The summed E-state index contributed by atoms with van der Waals surface area (Å²) in [7, 11) is -1.61. The molecule has 6 aromatic rings. The van der Waals surface area contributed by atoms with Gasteiger partial charge in [0.1, 0.15) is 17.2 Å². The van der Waals surface area contributed by atoms with Gasteiger partial charge in [0.25, 0.3) is 0 Å². The molecule has 0 bridgehead atoms. The first-order valence-electron chi connectivity index (χ1n) is 16.9. The fourth-order valence-electron chi connectivity index (χ4n) is 5.06. The van der Waals surface area contributed by atoms with Gasteiger partial charge in [-0.3, -0.25) is 0 Å². The molecule has 7 heteroatoms. The maximum Gasteiger partial charge on any atom is 0.136 e. The summed E-state index contributed by atoms with van der Waals surface area (Å²) in [5, 5.41) is 1.97. The Morgan fingerprint density at radius 3 is 2.33 bits per heavy atom. The normalized spacial score (nSPS) is 13.9. The number of pyridine rings is 2. The van der Waals surface area contributed by atoms with Gasteiger partial charge in [0.2, 0.25) is 0 Å². The third-order valence-corrected chi connectivity index (χ3v) is 9.40. The molecule has 0 atom stereocenters. The molecule has 0 spiro atoms. The van der Waals surface area contributed by atoms with E-state index >= 15 is 0 Å². The molecule has 3 nitrogen and oxygen atoms in total. The minimum atomic E-state index is -2.13. The third-order valence-electron chi connectivity index (χ3n) is 7.38. The molecule has 6 rings (SSSR count). The second kappa shape index (κ2) is 13.9. The topological polar surface area (TPSA) is 38.9 Å². The van der Waals surface area contributed by atoms with Gasteiger partial charge >= 0.3 is 0 Å². The number of nitrogens with zero attached hydrogens (tertiary/aromatic N) is 2. The maximum atomic E-state index is 14.2. The van der Waals surface area contributed by atoms with Crippen LogP contribution >= 0.6 is 0 Å². The van der Waals surface area contributed by atoms with Crippen molar-refractivity contribution in [3.05, 3.63) is 114 Å². The van der Waals surface area contributed by atoms with Gasteiger partial charge in [-0.2, -0.15) is 0 Å². The second-order valence-electron chi connectivity index (χ2n) is 12.2. The Morgan fingerprint density at radius 1 is 0.911 bits per heavy atom. The molecule has 0 saturated heterocycles. The van der Waals surface area contributed by atoms with Crippen LogP contribution in [0.5, 0.6) is 0 Å². The zero-order valence-corrected chi connectivity index (χ0v) is 29.7. The number of fused-ring (bicyclic) bond motifs is 3. The molecule has 3 aromatic heterocycles. The first-order valence-corrected chi connectivity index (χ1v) is 17.9. The summed E-state index contributed by atoms with van der Waals surface area (Å²) in [6.45, 7) is 12.0. The number of hydrogen-bond donors (Lipinski definition) is 0. The van der Waals surface area contributed by atoms with E-state index in [0.29, 0.717) is 22.2 Å². The molecular weight excluding hydrogens is 759 g/mol. The van der Waals surface area contributed by atoms with E-state index in [1.807, 2.05) is 26.1 Å². The number of hydrogen-bond acceptors (Lipinski definition) is 3. The van der Waals surface area contributed by atoms with Gasteiger partial charge in [0.05, 0.1) is 13.7 Å². The van der Waals surface area contributed by atoms with E-state index in [2.05, 4.69) is 41.7 Å². The number of benzene rings is 3. The van der Waals surface area contributed by atoms with Crippen molar-refractivity contribution >= 4 is 35.2 Å². The van der Waals surface area contributed by atoms with Crippen molar-refractivity contribution < 1.29 is 40.2 Å². The Hall–Kier alpha value is -3.51. The zero-order valence-electron chi connectivity index (χ0n) is 31.3. The first-order chi connectivity index (χ1) is 22.6. The van der Waals surface area contributed by atoms with Crippen molar-refractivity contribution in [3.8, 4) is 22.5 Å². The van der Waals surface area contributed by atoms with Crippen LogP contribution in [0, 0.1) is 30.6 Å². The van der Waals surface area contributed by atoms with Gasteiger partial charge in [-0.15, -0.1) is 53.6 Å². The average Bonchev–Trinajstić information content (AvgIpc) is 3.38. The number of aromatic nitrogens is 2. The predicted molar refractivity (Wildman–Crippen MR) is 180 cm³/mol. The van der Waals surface area contributed by atoms with Gasteiger partial charge in [-0.05, 0) is 34.4 Å². The largest absolute Gasteiger partial charge is 0.500 e. The van der Waals surface area contributed by atoms with Crippen LogP contribution in [-0.2, 0) is 20.1 Å². The van der Waals surface area contributed by atoms with Crippen molar-refractivity contribution in [2.45, 2.75) is 66.0 Å². The number of halogens is 2. The van der Waals surface area contributed by atoms with E-state index in [0.717, 1.165) is 28.5 Å². The molecule has 0 saturated carbocycles. The zero-order chi connectivity index (χ0) is 36.1. The summed E-state index contributed by atoms with van der Waals surface area (Å²) < 4.78 is 72.4. The van der Waals surface area contributed by atoms with Crippen molar-refractivity contribution in [2.75, 3.05) is 0 Å². The quantitative estimate of drug-likeness (QED) is 0.129. The van der Waals surface area contributed by atoms with Crippen LogP contribution in [0.1, 0.15) is 63.0 Å². The van der Waals surface area contributed by atoms with Crippen molar-refractivity contribution in [1.29, 1.82) is 0 Å². The summed E-state index contributed by atoms with van der Waals surface area (Å²) in [4.78, 5) is 8.90. The summed E-state index contributed by atoms with van der Waals surface area (Å²) in [5.41, 5.74) is 5.19. The molecule has 0 aliphatic carbocycles. The molecule has 0 aliphatic rings. The monoisotopic (exact) mass is 802 g/mol. The van der Waals surface area contributed by atoms with E-state index < -0.39 is 38.3 Å². The van der Waals surface area contributed by atoms with Crippen LogP contribution in [0.3, 0.4) is 0 Å². The average molecular weight is 802 g/mol. The Balaban J connectivity index is 0.000000221. The molecule has 0 amide bonds. The smallest absolute Gasteiger partial charge is 0.136 e. The molecule has 3 heterocycles. The fourth-order valence-corrected chi connectivity index (χ4v) is 6.64. The summed E-state index contributed by atoms with van der Waals surface area (Å²) in [6, 6.07) is 21.8. The van der Waals surface area contributed by atoms with Crippen LogP contribution in [-0.4, -0.2) is 18.0 Å².